The topological polar surface area (TPSA) is 41.6 Å². The van der Waals surface area contributed by atoms with Gasteiger partial charge in [-0.2, -0.15) is 13.2 Å². The van der Waals surface area contributed by atoms with E-state index in [9.17, 15) is 18.0 Å². The Balaban J connectivity index is 2.03. The van der Waals surface area contributed by atoms with Gasteiger partial charge in [-0.3, -0.25) is 4.79 Å². The number of carbonyl (C=O) groups is 1. The molecule has 0 aromatic heterocycles. The molecule has 0 aliphatic heterocycles. The highest BCUT2D eigenvalue weighted by molar-refractivity contribution is 6.34. The summed E-state index contributed by atoms with van der Waals surface area (Å²) in [6.07, 6.45) is -4.53. The lowest BCUT2D eigenvalue weighted by molar-refractivity contribution is -0.137. The fourth-order valence-electron chi connectivity index (χ4n) is 2.59. The van der Waals surface area contributed by atoms with Crippen molar-refractivity contribution in [3.8, 4) is 5.75 Å². The minimum Gasteiger partial charge on any atom is -0.491 e. The molecule has 0 heterocycles. The van der Waals surface area contributed by atoms with Gasteiger partial charge in [0.05, 0.1) is 21.2 Å². The summed E-state index contributed by atoms with van der Waals surface area (Å²) in [6, 6.07) is 7.27. The fraction of sp³-hybridized carbons (Fsp3) is 0.350. The van der Waals surface area contributed by atoms with E-state index in [2.05, 4.69) is 24.1 Å². The van der Waals surface area contributed by atoms with E-state index < -0.39 is 17.6 Å². The largest absolute Gasteiger partial charge is 0.491 e. The van der Waals surface area contributed by atoms with Crippen LogP contribution in [0.3, 0.4) is 0 Å². The fourth-order valence-corrected chi connectivity index (χ4v) is 3.10. The molecule has 2 aromatic carbocycles. The zero-order valence-electron chi connectivity index (χ0n) is 15.9. The van der Waals surface area contributed by atoms with E-state index >= 15 is 0 Å². The van der Waals surface area contributed by atoms with E-state index in [4.69, 9.17) is 27.9 Å². The Morgan fingerprint density at radius 2 is 1.76 bits per heavy atom. The van der Waals surface area contributed by atoms with Crippen molar-refractivity contribution in [1.82, 2.24) is 4.90 Å². The van der Waals surface area contributed by atoms with Gasteiger partial charge in [-0.1, -0.05) is 37.0 Å². The molecule has 0 bridgehead atoms. The van der Waals surface area contributed by atoms with E-state index in [1.807, 2.05) is 0 Å². The van der Waals surface area contributed by atoms with Crippen LogP contribution in [-0.4, -0.2) is 37.0 Å². The van der Waals surface area contributed by atoms with Crippen LogP contribution in [0.15, 0.2) is 36.4 Å². The molecule has 0 saturated heterocycles. The molecular weight excluding hydrogens is 428 g/mol. The number of benzene rings is 2. The molecule has 2 rings (SSSR count). The summed E-state index contributed by atoms with van der Waals surface area (Å²) >= 11 is 12.1. The van der Waals surface area contributed by atoms with E-state index in [0.29, 0.717) is 23.1 Å². The van der Waals surface area contributed by atoms with Crippen molar-refractivity contribution in [2.45, 2.75) is 20.0 Å². The zero-order chi connectivity index (χ0) is 21.6. The second-order valence-electron chi connectivity index (χ2n) is 6.17. The molecule has 0 atom stereocenters. The molecule has 29 heavy (non-hydrogen) atoms. The van der Waals surface area contributed by atoms with Gasteiger partial charge in [-0.15, -0.1) is 0 Å². The van der Waals surface area contributed by atoms with Gasteiger partial charge >= 0.3 is 6.18 Å². The van der Waals surface area contributed by atoms with Gasteiger partial charge in [0.2, 0.25) is 0 Å². The lowest BCUT2D eigenvalue weighted by atomic mass is 10.1. The number of ether oxygens (including phenoxy) is 1. The quantitative estimate of drug-likeness (QED) is 0.539. The van der Waals surface area contributed by atoms with Gasteiger partial charge in [0, 0.05) is 12.2 Å². The van der Waals surface area contributed by atoms with Crippen molar-refractivity contribution in [2.24, 2.45) is 0 Å². The predicted molar refractivity (Wildman–Crippen MR) is 109 cm³/mol. The Kier molecular flexibility index (Phi) is 8.19. The molecule has 0 fully saturated rings. The molecule has 0 aliphatic rings. The normalized spacial score (nSPS) is 11.6. The smallest absolute Gasteiger partial charge is 0.416 e. The molecule has 0 radical (unpaired) electrons. The number of hydrogen-bond donors (Lipinski definition) is 1. The number of nitrogens with one attached hydrogen (secondary N) is 1. The summed E-state index contributed by atoms with van der Waals surface area (Å²) in [4.78, 5) is 14.6. The summed E-state index contributed by atoms with van der Waals surface area (Å²) in [5, 5.41) is 2.58. The summed E-state index contributed by atoms with van der Waals surface area (Å²) in [6.45, 7) is 7.20. The van der Waals surface area contributed by atoms with E-state index in [1.165, 1.54) is 6.07 Å². The maximum Gasteiger partial charge on any atom is 0.416 e. The van der Waals surface area contributed by atoms with Crippen LogP contribution in [-0.2, 0) is 6.18 Å². The maximum atomic E-state index is 12.7. The van der Waals surface area contributed by atoms with Crippen LogP contribution in [0, 0.1) is 0 Å². The average Bonchev–Trinajstić information content (AvgIpc) is 2.66. The van der Waals surface area contributed by atoms with Crippen molar-refractivity contribution < 1.29 is 22.7 Å². The number of anilines is 1. The number of alkyl halides is 3. The minimum absolute atomic E-state index is 0.0738. The summed E-state index contributed by atoms with van der Waals surface area (Å²) in [7, 11) is 0. The van der Waals surface area contributed by atoms with Crippen LogP contribution in [0.2, 0.25) is 10.0 Å². The van der Waals surface area contributed by atoms with Crippen molar-refractivity contribution in [1.29, 1.82) is 0 Å². The van der Waals surface area contributed by atoms with Gasteiger partial charge in [0.1, 0.15) is 12.4 Å². The van der Waals surface area contributed by atoms with Crippen LogP contribution < -0.4 is 10.1 Å². The summed E-state index contributed by atoms with van der Waals surface area (Å²) in [5.41, 5.74) is -0.629. The lowest BCUT2D eigenvalue weighted by Crippen LogP contribution is -2.27. The number of nitrogens with zero attached hydrogens (tertiary/aromatic N) is 1. The van der Waals surface area contributed by atoms with Crippen LogP contribution in [0.4, 0.5) is 18.9 Å². The first kappa shape index (κ1) is 23.3. The number of rotatable bonds is 8. The standard InChI is InChI=1S/C20H21Cl2F3N2O2/c1-3-27(4-2)9-10-29-18-8-6-14(12-17(18)22)26-19(28)15-7-5-13(11-16(15)21)20(23,24)25/h5-8,11-12H,3-4,9-10H2,1-2H3,(H,26,28). The highest BCUT2D eigenvalue weighted by Crippen LogP contribution is 2.33. The van der Waals surface area contributed by atoms with E-state index in [-0.39, 0.29) is 10.6 Å². The molecule has 0 aliphatic carbocycles. The third-order valence-corrected chi connectivity index (χ3v) is 4.90. The third-order valence-electron chi connectivity index (χ3n) is 4.29. The van der Waals surface area contributed by atoms with Crippen LogP contribution >= 0.6 is 23.2 Å². The Morgan fingerprint density at radius 3 is 2.31 bits per heavy atom. The van der Waals surface area contributed by atoms with Crippen molar-refractivity contribution >= 4 is 34.8 Å². The van der Waals surface area contributed by atoms with Crippen LogP contribution in [0.25, 0.3) is 0 Å². The Labute approximate surface area is 177 Å². The van der Waals surface area contributed by atoms with Gasteiger partial charge in [0.15, 0.2) is 0 Å². The maximum absolute atomic E-state index is 12.7. The van der Waals surface area contributed by atoms with E-state index in [1.54, 1.807) is 12.1 Å². The molecule has 2 aromatic rings. The van der Waals surface area contributed by atoms with Crippen molar-refractivity contribution in [3.63, 3.8) is 0 Å². The second kappa shape index (κ2) is 10.2. The lowest BCUT2D eigenvalue weighted by Gasteiger charge is -2.18. The summed E-state index contributed by atoms with van der Waals surface area (Å²) in [5.74, 6) is -0.167. The monoisotopic (exact) mass is 448 g/mol. The Bertz CT molecular complexity index is 856. The Hall–Kier alpha value is -1.96. The molecule has 1 amide bonds. The van der Waals surface area contributed by atoms with Crippen LogP contribution in [0.5, 0.6) is 5.75 Å². The molecule has 158 valence electrons. The van der Waals surface area contributed by atoms with Crippen molar-refractivity contribution in [2.75, 3.05) is 31.6 Å². The second-order valence-corrected chi connectivity index (χ2v) is 6.98. The van der Waals surface area contributed by atoms with Gasteiger partial charge < -0.3 is 15.0 Å². The molecule has 0 unspecified atom stereocenters. The Morgan fingerprint density at radius 1 is 1.07 bits per heavy atom. The number of carbonyl (C=O) groups excluding carboxylic acids is 1. The number of hydrogen-bond acceptors (Lipinski definition) is 3. The predicted octanol–water partition coefficient (Wildman–Crippen LogP) is 5.99. The minimum atomic E-state index is -4.53. The van der Waals surface area contributed by atoms with Gasteiger partial charge in [-0.25, -0.2) is 0 Å². The molecular formula is C20H21Cl2F3N2O2. The first-order valence-electron chi connectivity index (χ1n) is 8.98. The first-order valence-corrected chi connectivity index (χ1v) is 9.74. The number of likely N-dealkylation sites (N-methyl/N-ethyl adjacent to an activating group) is 1. The van der Waals surface area contributed by atoms with Gasteiger partial charge in [0.25, 0.3) is 5.91 Å². The zero-order valence-corrected chi connectivity index (χ0v) is 17.5. The molecule has 0 saturated carbocycles. The summed E-state index contributed by atoms with van der Waals surface area (Å²) < 4.78 is 43.8. The average molecular weight is 449 g/mol. The van der Waals surface area contributed by atoms with Crippen LogP contribution in [0.1, 0.15) is 29.8 Å². The number of halogens is 5. The molecule has 4 nitrogen and oxygen atoms in total. The highest BCUT2D eigenvalue weighted by Gasteiger charge is 2.31. The van der Waals surface area contributed by atoms with Crippen molar-refractivity contribution in [3.05, 3.63) is 57.6 Å². The number of amides is 1. The highest BCUT2D eigenvalue weighted by atomic mass is 35.5. The molecule has 9 heteroatoms. The first-order chi connectivity index (χ1) is 13.7. The third kappa shape index (κ3) is 6.52. The van der Waals surface area contributed by atoms with E-state index in [0.717, 1.165) is 37.8 Å². The molecule has 1 N–H and O–H groups in total. The molecule has 0 spiro atoms. The SMILES string of the molecule is CCN(CC)CCOc1ccc(NC(=O)c2ccc(C(F)(F)F)cc2Cl)cc1Cl. The van der Waals surface area contributed by atoms with Gasteiger partial charge in [-0.05, 0) is 49.5 Å².